The number of hydrogen-bond acceptors (Lipinski definition) is 3. The van der Waals surface area contributed by atoms with Crippen LogP contribution in [-0.2, 0) is 4.79 Å². The van der Waals surface area contributed by atoms with Gasteiger partial charge in [-0.15, -0.1) is 11.8 Å². The number of thioether (sulfide) groups is 1. The van der Waals surface area contributed by atoms with E-state index in [0.29, 0.717) is 12.0 Å². The molecule has 1 amide bonds. The van der Waals surface area contributed by atoms with Gasteiger partial charge in [0, 0.05) is 16.5 Å². The van der Waals surface area contributed by atoms with E-state index in [1.165, 1.54) is 0 Å². The molecule has 0 saturated heterocycles. The van der Waals surface area contributed by atoms with E-state index in [1.54, 1.807) is 11.8 Å². The Morgan fingerprint density at radius 2 is 2.11 bits per heavy atom. The zero-order valence-electron chi connectivity index (χ0n) is 11.4. The van der Waals surface area contributed by atoms with Crippen LogP contribution < -0.4 is 5.32 Å². The van der Waals surface area contributed by atoms with Crippen LogP contribution in [0.4, 0.5) is 0 Å². The van der Waals surface area contributed by atoms with Gasteiger partial charge in [0.05, 0.1) is 6.42 Å². The molecule has 5 heteroatoms. The number of carboxylic acid groups (broad SMARTS) is 1. The van der Waals surface area contributed by atoms with Crippen molar-refractivity contribution in [2.24, 2.45) is 0 Å². The van der Waals surface area contributed by atoms with Crippen molar-refractivity contribution >= 4 is 23.6 Å². The maximum atomic E-state index is 12.2. The molecule has 0 bridgehead atoms. The van der Waals surface area contributed by atoms with E-state index >= 15 is 0 Å². The highest BCUT2D eigenvalue weighted by atomic mass is 32.2. The van der Waals surface area contributed by atoms with Crippen LogP contribution in [0.25, 0.3) is 0 Å². The maximum Gasteiger partial charge on any atom is 0.305 e. The SMILES string of the molecule is CCC(CC(=O)O)NC(=O)c1cc(SC)ccc1C. The van der Waals surface area contributed by atoms with Gasteiger partial charge in [0.2, 0.25) is 0 Å². The van der Waals surface area contributed by atoms with Gasteiger partial charge in [0.25, 0.3) is 5.91 Å². The summed E-state index contributed by atoms with van der Waals surface area (Å²) < 4.78 is 0. The smallest absolute Gasteiger partial charge is 0.305 e. The minimum atomic E-state index is -0.901. The second-order valence-corrected chi connectivity index (χ2v) is 5.24. The fraction of sp³-hybridized carbons (Fsp3) is 0.429. The molecule has 1 aromatic carbocycles. The molecule has 0 aliphatic rings. The van der Waals surface area contributed by atoms with E-state index in [1.807, 2.05) is 38.3 Å². The molecule has 19 heavy (non-hydrogen) atoms. The largest absolute Gasteiger partial charge is 0.481 e. The maximum absolute atomic E-state index is 12.2. The average molecular weight is 281 g/mol. The third-order valence-electron chi connectivity index (χ3n) is 2.94. The van der Waals surface area contributed by atoms with Crippen LogP contribution >= 0.6 is 11.8 Å². The van der Waals surface area contributed by atoms with Crippen molar-refractivity contribution in [3.8, 4) is 0 Å². The summed E-state index contributed by atoms with van der Waals surface area (Å²) in [6.07, 6.45) is 2.49. The summed E-state index contributed by atoms with van der Waals surface area (Å²) >= 11 is 1.57. The Morgan fingerprint density at radius 3 is 2.63 bits per heavy atom. The molecule has 1 atom stereocenters. The molecular formula is C14H19NO3S. The number of aliphatic carboxylic acids is 1. The quantitative estimate of drug-likeness (QED) is 0.787. The van der Waals surface area contributed by atoms with Gasteiger partial charge in [-0.1, -0.05) is 13.0 Å². The minimum Gasteiger partial charge on any atom is -0.481 e. The second kappa shape index (κ2) is 7.19. The molecular weight excluding hydrogens is 262 g/mol. The number of rotatable bonds is 6. The number of carbonyl (C=O) groups excluding carboxylic acids is 1. The van der Waals surface area contributed by atoms with Crippen LogP contribution in [0.3, 0.4) is 0 Å². The third kappa shape index (κ3) is 4.59. The minimum absolute atomic E-state index is 0.0521. The Hall–Kier alpha value is -1.49. The molecule has 0 aliphatic carbocycles. The fourth-order valence-electron chi connectivity index (χ4n) is 1.74. The van der Waals surface area contributed by atoms with E-state index in [-0.39, 0.29) is 18.4 Å². The first-order chi connectivity index (χ1) is 8.97. The highest BCUT2D eigenvalue weighted by molar-refractivity contribution is 7.98. The molecule has 0 aromatic heterocycles. The number of nitrogens with one attached hydrogen (secondary N) is 1. The molecule has 1 rings (SSSR count). The number of carboxylic acids is 1. The Kier molecular flexibility index (Phi) is 5.89. The summed E-state index contributed by atoms with van der Waals surface area (Å²) in [6.45, 7) is 3.73. The van der Waals surface area contributed by atoms with Crippen LogP contribution in [-0.4, -0.2) is 29.3 Å². The Bertz CT molecular complexity index is 474. The lowest BCUT2D eigenvalue weighted by atomic mass is 10.1. The molecule has 0 fully saturated rings. The fourth-order valence-corrected chi connectivity index (χ4v) is 2.18. The highest BCUT2D eigenvalue weighted by Crippen LogP contribution is 2.19. The second-order valence-electron chi connectivity index (χ2n) is 4.36. The lowest BCUT2D eigenvalue weighted by molar-refractivity contribution is -0.137. The van der Waals surface area contributed by atoms with E-state index in [9.17, 15) is 9.59 Å². The zero-order chi connectivity index (χ0) is 14.4. The van der Waals surface area contributed by atoms with Crippen molar-refractivity contribution < 1.29 is 14.7 Å². The van der Waals surface area contributed by atoms with Crippen molar-refractivity contribution in [1.29, 1.82) is 0 Å². The van der Waals surface area contributed by atoms with Crippen molar-refractivity contribution in [3.05, 3.63) is 29.3 Å². The van der Waals surface area contributed by atoms with Crippen molar-refractivity contribution in [2.75, 3.05) is 6.26 Å². The first-order valence-corrected chi connectivity index (χ1v) is 7.37. The van der Waals surface area contributed by atoms with Crippen molar-refractivity contribution in [2.45, 2.75) is 37.6 Å². The Morgan fingerprint density at radius 1 is 1.42 bits per heavy atom. The van der Waals surface area contributed by atoms with Gasteiger partial charge < -0.3 is 10.4 Å². The third-order valence-corrected chi connectivity index (χ3v) is 3.66. The lowest BCUT2D eigenvalue weighted by Gasteiger charge is -2.16. The number of benzene rings is 1. The lowest BCUT2D eigenvalue weighted by Crippen LogP contribution is -2.36. The van der Waals surface area contributed by atoms with Gasteiger partial charge in [-0.25, -0.2) is 0 Å². The van der Waals surface area contributed by atoms with E-state index in [0.717, 1.165) is 10.5 Å². The molecule has 4 nitrogen and oxygen atoms in total. The monoisotopic (exact) mass is 281 g/mol. The van der Waals surface area contributed by atoms with Gasteiger partial charge in [-0.3, -0.25) is 9.59 Å². The Balaban J connectivity index is 2.84. The molecule has 0 radical (unpaired) electrons. The molecule has 0 spiro atoms. The summed E-state index contributed by atoms with van der Waals surface area (Å²) in [5.41, 5.74) is 1.50. The molecule has 104 valence electrons. The van der Waals surface area contributed by atoms with E-state index in [2.05, 4.69) is 5.32 Å². The standard InChI is InChI=1S/C14H19NO3S/c1-4-10(7-13(16)17)15-14(18)12-8-11(19-3)6-5-9(12)2/h5-6,8,10H,4,7H2,1-3H3,(H,15,18)(H,16,17). The molecule has 2 N–H and O–H groups in total. The number of carbonyl (C=O) groups is 2. The molecule has 1 aromatic rings. The summed E-state index contributed by atoms with van der Waals surface area (Å²) in [6, 6.07) is 5.37. The number of amides is 1. The highest BCUT2D eigenvalue weighted by Gasteiger charge is 2.16. The number of aryl methyl sites for hydroxylation is 1. The first-order valence-electron chi connectivity index (χ1n) is 6.15. The normalized spacial score (nSPS) is 11.9. The van der Waals surface area contributed by atoms with E-state index < -0.39 is 5.97 Å². The number of hydrogen-bond donors (Lipinski definition) is 2. The van der Waals surface area contributed by atoms with Gasteiger partial charge in [0.15, 0.2) is 0 Å². The van der Waals surface area contributed by atoms with Crippen LogP contribution in [0.15, 0.2) is 23.1 Å². The van der Waals surface area contributed by atoms with Crippen molar-refractivity contribution in [1.82, 2.24) is 5.32 Å². The van der Waals surface area contributed by atoms with Crippen LogP contribution in [0, 0.1) is 6.92 Å². The predicted molar refractivity (Wildman–Crippen MR) is 76.8 cm³/mol. The molecule has 0 heterocycles. The van der Waals surface area contributed by atoms with Gasteiger partial charge in [-0.05, 0) is 37.3 Å². The van der Waals surface area contributed by atoms with E-state index in [4.69, 9.17) is 5.11 Å². The molecule has 0 aliphatic heterocycles. The van der Waals surface area contributed by atoms with Crippen LogP contribution in [0.5, 0.6) is 0 Å². The molecule has 0 saturated carbocycles. The Labute approximate surface area is 117 Å². The summed E-state index contributed by atoms with van der Waals surface area (Å²) in [4.78, 5) is 23.9. The predicted octanol–water partition coefficient (Wildman–Crippen LogP) is 2.70. The summed E-state index contributed by atoms with van der Waals surface area (Å²) in [5, 5.41) is 11.6. The van der Waals surface area contributed by atoms with Crippen LogP contribution in [0.1, 0.15) is 35.7 Å². The van der Waals surface area contributed by atoms with Crippen LogP contribution in [0.2, 0.25) is 0 Å². The zero-order valence-corrected chi connectivity index (χ0v) is 12.2. The average Bonchev–Trinajstić information content (AvgIpc) is 2.37. The topological polar surface area (TPSA) is 66.4 Å². The van der Waals surface area contributed by atoms with Gasteiger partial charge >= 0.3 is 5.97 Å². The summed E-state index contributed by atoms with van der Waals surface area (Å²) in [7, 11) is 0. The van der Waals surface area contributed by atoms with Gasteiger partial charge in [0.1, 0.15) is 0 Å². The van der Waals surface area contributed by atoms with Crippen molar-refractivity contribution in [3.63, 3.8) is 0 Å². The first kappa shape index (κ1) is 15.6. The van der Waals surface area contributed by atoms with Gasteiger partial charge in [-0.2, -0.15) is 0 Å². The summed E-state index contributed by atoms with van der Waals surface area (Å²) in [5.74, 6) is -1.11. The molecule has 1 unspecified atom stereocenters.